The van der Waals surface area contributed by atoms with Crippen LogP contribution >= 0.6 is 0 Å². The summed E-state index contributed by atoms with van der Waals surface area (Å²) in [5, 5.41) is 10.3. The van der Waals surface area contributed by atoms with Crippen molar-refractivity contribution in [1.29, 1.82) is 0 Å². The molecular formula is C63H44N2. The van der Waals surface area contributed by atoms with Gasteiger partial charge in [0, 0.05) is 27.6 Å². The van der Waals surface area contributed by atoms with Crippen LogP contribution in [0.4, 0.5) is 0 Å². The molecule has 0 bridgehead atoms. The van der Waals surface area contributed by atoms with Crippen molar-refractivity contribution in [2.75, 3.05) is 0 Å². The van der Waals surface area contributed by atoms with Crippen molar-refractivity contribution < 1.29 is 0 Å². The third kappa shape index (κ3) is 6.13. The first-order chi connectivity index (χ1) is 32.1. The van der Waals surface area contributed by atoms with Crippen molar-refractivity contribution in [2.24, 2.45) is 0 Å². The standard InChI is InChI=1S/C63H44N2/c1-40(46-37-60(41-16-4-2-5-17-41)64-61(38-46)42-18-6-3-7-19-42)56-36-45-29-28-43(34-57(45)52-24-12-11-23-51(52)56)44-30-33-63-59(35-44)55-26-14-15-27-62(55)65(63)47-31-32-54-50-22-9-8-20-48(50)49-21-10-13-25-53(49)58(54)39-47/h2-35,37-40,56H,36H2,1H3. The maximum absolute atomic E-state index is 5.20. The molecule has 0 saturated carbocycles. The summed E-state index contributed by atoms with van der Waals surface area (Å²) in [6, 6.07) is 82.8. The molecule has 306 valence electrons. The smallest absolute Gasteiger partial charge is 0.0712 e. The van der Waals surface area contributed by atoms with Gasteiger partial charge in [0.25, 0.3) is 0 Å². The lowest BCUT2D eigenvalue weighted by atomic mass is 9.71. The second-order valence-electron chi connectivity index (χ2n) is 17.9. The molecule has 0 radical (unpaired) electrons. The van der Waals surface area contributed by atoms with Gasteiger partial charge in [-0.3, -0.25) is 0 Å². The number of aromatic nitrogens is 2. The molecule has 0 saturated heterocycles. The topological polar surface area (TPSA) is 17.8 Å². The summed E-state index contributed by atoms with van der Waals surface area (Å²) < 4.78 is 2.46. The predicted octanol–water partition coefficient (Wildman–Crippen LogP) is 16.7. The quantitative estimate of drug-likeness (QED) is 0.153. The molecule has 1 aliphatic rings. The van der Waals surface area contributed by atoms with Crippen LogP contribution in [0, 0.1) is 0 Å². The first kappa shape index (κ1) is 37.5. The maximum atomic E-state index is 5.20. The number of hydrogen-bond acceptors (Lipinski definition) is 1. The van der Waals surface area contributed by atoms with Crippen LogP contribution in [0.1, 0.15) is 35.4 Å². The monoisotopic (exact) mass is 828 g/mol. The average Bonchev–Trinajstić information content (AvgIpc) is 3.72. The highest BCUT2D eigenvalue weighted by atomic mass is 15.0. The Morgan fingerprint density at radius 2 is 0.938 bits per heavy atom. The molecule has 1 aliphatic carbocycles. The Labute approximate surface area is 378 Å². The second-order valence-corrected chi connectivity index (χ2v) is 17.9. The van der Waals surface area contributed by atoms with Gasteiger partial charge < -0.3 is 4.57 Å². The average molecular weight is 829 g/mol. The largest absolute Gasteiger partial charge is 0.309 e. The Hall–Kier alpha value is -8.07. The fraction of sp³-hybridized carbons (Fsp3) is 0.0635. The van der Waals surface area contributed by atoms with E-state index in [1.54, 1.807) is 0 Å². The molecule has 65 heavy (non-hydrogen) atoms. The van der Waals surface area contributed by atoms with Crippen LogP contribution in [0.5, 0.6) is 0 Å². The summed E-state index contributed by atoms with van der Waals surface area (Å²) in [7, 11) is 0. The molecule has 2 heteroatoms. The van der Waals surface area contributed by atoms with E-state index >= 15 is 0 Å². The normalized spacial score (nSPS) is 14.0. The van der Waals surface area contributed by atoms with Gasteiger partial charge in [0.15, 0.2) is 0 Å². The van der Waals surface area contributed by atoms with E-state index in [0.29, 0.717) is 5.92 Å². The molecule has 2 nitrogen and oxygen atoms in total. The van der Waals surface area contributed by atoms with Gasteiger partial charge in [0.1, 0.15) is 0 Å². The molecular weight excluding hydrogens is 785 g/mol. The fourth-order valence-corrected chi connectivity index (χ4v) is 11.1. The Bertz CT molecular complexity index is 3730. The lowest BCUT2D eigenvalue weighted by molar-refractivity contribution is 0.568. The molecule has 0 amide bonds. The zero-order valence-electron chi connectivity index (χ0n) is 36.1. The highest BCUT2D eigenvalue weighted by molar-refractivity contribution is 6.25. The Morgan fingerprint density at radius 1 is 0.400 bits per heavy atom. The van der Waals surface area contributed by atoms with Crippen molar-refractivity contribution in [2.45, 2.75) is 25.2 Å². The second kappa shape index (κ2) is 15.0. The maximum Gasteiger partial charge on any atom is 0.0712 e. The highest BCUT2D eigenvalue weighted by Gasteiger charge is 2.30. The van der Waals surface area contributed by atoms with Crippen LogP contribution in [-0.4, -0.2) is 9.55 Å². The number of fused-ring (bicyclic) bond motifs is 12. The van der Waals surface area contributed by atoms with E-state index in [-0.39, 0.29) is 5.92 Å². The van der Waals surface area contributed by atoms with Gasteiger partial charge in [-0.15, -0.1) is 0 Å². The molecule has 12 aromatic rings. The predicted molar refractivity (Wildman–Crippen MR) is 274 cm³/mol. The van der Waals surface area contributed by atoms with Crippen LogP contribution in [0.2, 0.25) is 0 Å². The van der Waals surface area contributed by atoms with E-state index in [9.17, 15) is 0 Å². The lowest BCUT2D eigenvalue weighted by Gasteiger charge is -2.33. The molecule has 13 rings (SSSR count). The highest BCUT2D eigenvalue weighted by Crippen LogP contribution is 2.48. The van der Waals surface area contributed by atoms with Crippen molar-refractivity contribution in [3.05, 3.63) is 241 Å². The van der Waals surface area contributed by atoms with Crippen LogP contribution in [-0.2, 0) is 6.42 Å². The Kier molecular flexibility index (Phi) is 8.67. The Morgan fingerprint density at radius 3 is 1.63 bits per heavy atom. The number of benzene rings is 10. The summed E-state index contributed by atoms with van der Waals surface area (Å²) >= 11 is 0. The molecule has 0 N–H and O–H groups in total. The number of rotatable bonds is 6. The summed E-state index contributed by atoms with van der Waals surface area (Å²) in [4.78, 5) is 5.20. The van der Waals surface area contributed by atoms with E-state index in [4.69, 9.17) is 4.98 Å². The van der Waals surface area contributed by atoms with Gasteiger partial charge in [-0.25, -0.2) is 4.98 Å². The summed E-state index contributed by atoms with van der Waals surface area (Å²) in [6.07, 6.45) is 0.973. The Balaban J connectivity index is 0.893. The summed E-state index contributed by atoms with van der Waals surface area (Å²) in [5.41, 5.74) is 17.2. The van der Waals surface area contributed by atoms with E-state index in [1.807, 2.05) is 0 Å². The third-order valence-corrected chi connectivity index (χ3v) is 14.3. The molecule has 10 aromatic carbocycles. The summed E-state index contributed by atoms with van der Waals surface area (Å²) in [5.74, 6) is 0.575. The molecule has 2 atom stereocenters. The molecule has 2 unspecified atom stereocenters. The van der Waals surface area contributed by atoms with Gasteiger partial charge in [0.2, 0.25) is 0 Å². The van der Waals surface area contributed by atoms with Crippen molar-refractivity contribution in [3.8, 4) is 50.5 Å². The van der Waals surface area contributed by atoms with Crippen molar-refractivity contribution in [3.63, 3.8) is 0 Å². The lowest BCUT2D eigenvalue weighted by Crippen LogP contribution is -2.17. The molecule has 0 spiro atoms. The van der Waals surface area contributed by atoms with E-state index in [0.717, 1.165) is 28.9 Å². The van der Waals surface area contributed by atoms with Gasteiger partial charge >= 0.3 is 0 Å². The summed E-state index contributed by atoms with van der Waals surface area (Å²) in [6.45, 7) is 2.41. The van der Waals surface area contributed by atoms with Gasteiger partial charge in [-0.1, -0.05) is 183 Å². The van der Waals surface area contributed by atoms with E-state index < -0.39 is 0 Å². The first-order valence-corrected chi connectivity index (χ1v) is 22.9. The third-order valence-electron chi connectivity index (χ3n) is 14.3. The SMILES string of the molecule is CC(c1cc(-c2ccccc2)nc(-c2ccccc2)c1)C1Cc2ccc(-c3ccc4c(c3)c3ccccc3n4-c3ccc4c5ccccc5c5ccccc5c4c3)cc2-c2ccccc21. The van der Waals surface area contributed by atoms with Crippen molar-refractivity contribution >= 4 is 54.1 Å². The minimum atomic E-state index is 0.261. The van der Waals surface area contributed by atoms with Crippen LogP contribution in [0.25, 0.3) is 105 Å². The van der Waals surface area contributed by atoms with E-state index in [1.165, 1.54) is 98.8 Å². The van der Waals surface area contributed by atoms with Gasteiger partial charge in [0.05, 0.1) is 22.4 Å². The van der Waals surface area contributed by atoms with Gasteiger partial charge in [-0.2, -0.15) is 0 Å². The van der Waals surface area contributed by atoms with Crippen molar-refractivity contribution in [1.82, 2.24) is 9.55 Å². The zero-order chi connectivity index (χ0) is 43.0. The number of para-hydroxylation sites is 1. The molecule has 0 fully saturated rings. The van der Waals surface area contributed by atoms with Crippen LogP contribution < -0.4 is 0 Å². The molecule has 2 heterocycles. The van der Waals surface area contributed by atoms with Crippen LogP contribution in [0.15, 0.2) is 224 Å². The molecule has 0 aliphatic heterocycles. The minimum absolute atomic E-state index is 0.261. The number of pyridine rings is 1. The number of hydrogen-bond donors (Lipinski definition) is 0. The molecule has 2 aromatic heterocycles. The zero-order valence-corrected chi connectivity index (χ0v) is 36.1. The van der Waals surface area contributed by atoms with E-state index in [2.05, 4.69) is 236 Å². The minimum Gasteiger partial charge on any atom is -0.309 e. The first-order valence-electron chi connectivity index (χ1n) is 22.9. The van der Waals surface area contributed by atoms with Gasteiger partial charge in [-0.05, 0) is 138 Å². The number of nitrogens with zero attached hydrogens (tertiary/aromatic N) is 2. The fourth-order valence-electron chi connectivity index (χ4n) is 11.1. The van der Waals surface area contributed by atoms with Crippen LogP contribution in [0.3, 0.4) is 0 Å².